The highest BCUT2D eigenvalue weighted by molar-refractivity contribution is 5.50. The summed E-state index contributed by atoms with van der Waals surface area (Å²) in [7, 11) is 0. The van der Waals surface area contributed by atoms with Crippen molar-refractivity contribution >= 4 is 0 Å². The van der Waals surface area contributed by atoms with Crippen molar-refractivity contribution in [2.45, 2.75) is 33.2 Å². The van der Waals surface area contributed by atoms with E-state index in [1.165, 1.54) is 4.68 Å². The molecule has 3 aromatic rings. The first-order chi connectivity index (χ1) is 11.1. The van der Waals surface area contributed by atoms with Gasteiger partial charge in [0, 0.05) is 18.8 Å². The van der Waals surface area contributed by atoms with Crippen molar-refractivity contribution in [2.75, 3.05) is 0 Å². The van der Waals surface area contributed by atoms with Gasteiger partial charge in [-0.15, -0.1) is 0 Å². The Labute approximate surface area is 133 Å². The van der Waals surface area contributed by atoms with E-state index >= 15 is 0 Å². The number of rotatable bonds is 4. The summed E-state index contributed by atoms with van der Waals surface area (Å²) in [4.78, 5) is 25.6. The highest BCUT2D eigenvalue weighted by Crippen LogP contribution is 2.14. The smallest absolute Gasteiger partial charge is 0.245 e. The van der Waals surface area contributed by atoms with E-state index in [2.05, 4.69) is 20.1 Å². The van der Waals surface area contributed by atoms with Gasteiger partial charge < -0.3 is 0 Å². The number of aryl methyl sites for hydroxylation is 1. The van der Waals surface area contributed by atoms with E-state index in [1.807, 2.05) is 32.9 Å². The second-order valence-electron chi connectivity index (χ2n) is 5.38. The summed E-state index contributed by atoms with van der Waals surface area (Å²) in [6, 6.07) is 7.20. The molecule has 0 bridgehead atoms. The summed E-state index contributed by atoms with van der Waals surface area (Å²) < 4.78 is 3.03. The van der Waals surface area contributed by atoms with E-state index in [4.69, 9.17) is 0 Å². The summed E-state index contributed by atoms with van der Waals surface area (Å²) in [5, 5.41) is 4.40. The van der Waals surface area contributed by atoms with Crippen LogP contribution in [0.15, 0.2) is 41.5 Å². The molecule has 0 aliphatic rings. The molecule has 7 nitrogen and oxygen atoms in total. The average Bonchev–Trinajstić information content (AvgIpc) is 2.92. The highest BCUT2D eigenvalue weighted by Gasteiger charge is 2.17. The SMILES string of the molecule is CCc1nn(C(C)C)c(=O)n1-c1cccc(-c2ncccn2)n1. The summed E-state index contributed by atoms with van der Waals surface area (Å²) in [6.45, 7) is 5.83. The van der Waals surface area contributed by atoms with Gasteiger partial charge in [0.05, 0.1) is 6.04 Å². The number of hydrogen-bond donors (Lipinski definition) is 0. The Morgan fingerprint density at radius 1 is 1.13 bits per heavy atom. The molecule has 3 heterocycles. The van der Waals surface area contributed by atoms with Crippen LogP contribution in [0, 0.1) is 0 Å². The molecule has 0 saturated carbocycles. The second kappa shape index (κ2) is 6.12. The number of hydrogen-bond acceptors (Lipinski definition) is 5. The van der Waals surface area contributed by atoms with Crippen LogP contribution in [-0.4, -0.2) is 29.3 Å². The van der Waals surface area contributed by atoms with Gasteiger partial charge in [-0.25, -0.2) is 29.0 Å². The van der Waals surface area contributed by atoms with Crippen LogP contribution < -0.4 is 5.69 Å². The maximum absolute atomic E-state index is 12.6. The number of nitrogens with zero attached hydrogens (tertiary/aromatic N) is 6. The van der Waals surface area contributed by atoms with Gasteiger partial charge in [0.1, 0.15) is 17.3 Å². The molecule has 0 atom stereocenters. The maximum Gasteiger partial charge on any atom is 0.352 e. The van der Waals surface area contributed by atoms with Gasteiger partial charge in [-0.2, -0.15) is 5.10 Å². The maximum atomic E-state index is 12.6. The molecule has 0 fully saturated rings. The molecule has 3 aromatic heterocycles. The van der Waals surface area contributed by atoms with Crippen LogP contribution in [0.4, 0.5) is 0 Å². The minimum absolute atomic E-state index is 0.00492. The van der Waals surface area contributed by atoms with Crippen LogP contribution >= 0.6 is 0 Å². The Balaban J connectivity index is 2.15. The Bertz CT molecular complexity index is 866. The fourth-order valence-corrected chi connectivity index (χ4v) is 2.32. The number of aromatic nitrogens is 6. The van der Waals surface area contributed by atoms with Crippen molar-refractivity contribution in [1.29, 1.82) is 0 Å². The third-order valence-electron chi connectivity index (χ3n) is 3.43. The quantitative estimate of drug-likeness (QED) is 0.736. The Morgan fingerprint density at radius 3 is 2.52 bits per heavy atom. The summed E-state index contributed by atoms with van der Waals surface area (Å²) in [5.74, 6) is 1.74. The molecule has 23 heavy (non-hydrogen) atoms. The molecule has 0 aliphatic carbocycles. The Hall–Kier alpha value is -2.83. The molecule has 0 saturated heterocycles. The molecule has 0 radical (unpaired) electrons. The summed E-state index contributed by atoms with van der Waals surface area (Å²) in [6.07, 6.45) is 3.97. The van der Waals surface area contributed by atoms with E-state index in [1.54, 1.807) is 29.1 Å². The summed E-state index contributed by atoms with van der Waals surface area (Å²) >= 11 is 0. The van der Waals surface area contributed by atoms with Gasteiger partial charge in [0.25, 0.3) is 0 Å². The van der Waals surface area contributed by atoms with Crippen LogP contribution in [0.3, 0.4) is 0 Å². The van der Waals surface area contributed by atoms with Crippen molar-refractivity contribution in [1.82, 2.24) is 29.3 Å². The Morgan fingerprint density at radius 2 is 1.87 bits per heavy atom. The minimum Gasteiger partial charge on any atom is -0.245 e. The first-order valence-corrected chi connectivity index (χ1v) is 7.57. The van der Waals surface area contributed by atoms with Crippen molar-refractivity contribution in [2.24, 2.45) is 0 Å². The van der Waals surface area contributed by atoms with E-state index in [9.17, 15) is 4.79 Å². The molecule has 118 valence electrons. The molecule has 0 aromatic carbocycles. The van der Waals surface area contributed by atoms with E-state index in [0.29, 0.717) is 29.6 Å². The van der Waals surface area contributed by atoms with E-state index < -0.39 is 0 Å². The minimum atomic E-state index is -0.185. The van der Waals surface area contributed by atoms with Crippen LogP contribution in [0.1, 0.15) is 32.6 Å². The predicted molar refractivity (Wildman–Crippen MR) is 86.4 cm³/mol. The van der Waals surface area contributed by atoms with Crippen molar-refractivity contribution in [3.05, 3.63) is 53.0 Å². The zero-order chi connectivity index (χ0) is 16.4. The van der Waals surface area contributed by atoms with Crippen molar-refractivity contribution in [3.63, 3.8) is 0 Å². The van der Waals surface area contributed by atoms with E-state index in [-0.39, 0.29) is 11.7 Å². The topological polar surface area (TPSA) is 78.5 Å². The normalized spacial score (nSPS) is 11.1. The van der Waals surface area contributed by atoms with Crippen molar-refractivity contribution in [3.8, 4) is 17.3 Å². The van der Waals surface area contributed by atoms with E-state index in [0.717, 1.165) is 0 Å². The molecule has 0 unspecified atom stereocenters. The molecule has 0 N–H and O–H groups in total. The molecule has 0 aliphatic heterocycles. The van der Waals surface area contributed by atoms with Crippen LogP contribution in [0.25, 0.3) is 17.3 Å². The lowest BCUT2D eigenvalue weighted by Crippen LogP contribution is -2.26. The molecule has 0 spiro atoms. The predicted octanol–water partition coefficient (Wildman–Crippen LogP) is 2.03. The first kappa shape index (κ1) is 15.1. The van der Waals surface area contributed by atoms with Gasteiger partial charge in [-0.1, -0.05) is 13.0 Å². The third-order valence-corrected chi connectivity index (χ3v) is 3.43. The monoisotopic (exact) mass is 310 g/mol. The van der Waals surface area contributed by atoms with Gasteiger partial charge in [-0.05, 0) is 32.0 Å². The van der Waals surface area contributed by atoms with Gasteiger partial charge in [-0.3, -0.25) is 0 Å². The summed E-state index contributed by atoms with van der Waals surface area (Å²) in [5.41, 5.74) is 0.435. The van der Waals surface area contributed by atoms with Gasteiger partial charge in [0.15, 0.2) is 5.82 Å². The zero-order valence-corrected chi connectivity index (χ0v) is 13.3. The van der Waals surface area contributed by atoms with Crippen LogP contribution in [-0.2, 0) is 6.42 Å². The molecular weight excluding hydrogens is 292 g/mol. The van der Waals surface area contributed by atoms with Gasteiger partial charge >= 0.3 is 5.69 Å². The first-order valence-electron chi connectivity index (χ1n) is 7.57. The zero-order valence-electron chi connectivity index (χ0n) is 13.3. The Kier molecular flexibility index (Phi) is 4.01. The molecular formula is C16H18N6O. The standard InChI is InChI=1S/C16H18N6O/c1-4-13-20-22(11(2)3)16(23)21(13)14-8-5-7-12(19-14)15-17-9-6-10-18-15/h5-11H,4H2,1-3H3. The lowest BCUT2D eigenvalue weighted by Gasteiger charge is -2.05. The average molecular weight is 310 g/mol. The third kappa shape index (κ3) is 2.77. The number of pyridine rings is 1. The lowest BCUT2D eigenvalue weighted by atomic mass is 10.3. The van der Waals surface area contributed by atoms with Gasteiger partial charge in [0.2, 0.25) is 0 Å². The second-order valence-corrected chi connectivity index (χ2v) is 5.38. The highest BCUT2D eigenvalue weighted by atomic mass is 16.2. The molecule has 7 heteroatoms. The fourth-order valence-electron chi connectivity index (χ4n) is 2.32. The lowest BCUT2D eigenvalue weighted by molar-refractivity contribution is 0.508. The molecule has 3 rings (SSSR count). The van der Waals surface area contributed by atoms with Crippen LogP contribution in [0.5, 0.6) is 0 Å². The molecule has 0 amide bonds. The van der Waals surface area contributed by atoms with Crippen molar-refractivity contribution < 1.29 is 0 Å². The largest absolute Gasteiger partial charge is 0.352 e. The fraction of sp³-hybridized carbons (Fsp3) is 0.312. The van der Waals surface area contributed by atoms with Crippen LogP contribution in [0.2, 0.25) is 0 Å².